The lowest BCUT2D eigenvalue weighted by Crippen LogP contribution is -2.40. The number of rotatable bonds is 9. The number of likely N-dealkylation sites (tertiary alicyclic amines) is 1. The molecule has 0 radical (unpaired) electrons. The fourth-order valence-corrected chi connectivity index (χ4v) is 4.06. The van der Waals surface area contributed by atoms with Crippen LogP contribution < -0.4 is 0 Å². The fourth-order valence-electron chi connectivity index (χ4n) is 4.06. The standard InChI is InChI=1S/C26H29NO3/c28-18-24-26(30-20-23-14-8-3-9-15-23)25(29-19-22-12-6-2-7-13-22)17-27(24)16-21-10-4-1-5-11-21/h1-15,24-26,28H,16-20H2/t24-,25+,26+/m1/s1. The largest absolute Gasteiger partial charge is 0.395 e. The molecule has 0 amide bonds. The molecule has 0 aromatic heterocycles. The van der Waals surface area contributed by atoms with Gasteiger partial charge in [-0.3, -0.25) is 4.90 Å². The summed E-state index contributed by atoms with van der Waals surface area (Å²) in [4.78, 5) is 2.28. The lowest BCUT2D eigenvalue weighted by molar-refractivity contribution is -0.0764. The maximum Gasteiger partial charge on any atom is 0.103 e. The van der Waals surface area contributed by atoms with Crippen LogP contribution >= 0.6 is 0 Å². The van der Waals surface area contributed by atoms with E-state index in [1.54, 1.807) is 0 Å². The number of hydrogen-bond acceptors (Lipinski definition) is 4. The molecular formula is C26H29NO3. The lowest BCUT2D eigenvalue weighted by Gasteiger charge is -2.27. The third kappa shape index (κ3) is 5.35. The van der Waals surface area contributed by atoms with E-state index >= 15 is 0 Å². The molecule has 30 heavy (non-hydrogen) atoms. The fraction of sp³-hybridized carbons (Fsp3) is 0.308. The third-order valence-corrected chi connectivity index (χ3v) is 5.64. The van der Waals surface area contributed by atoms with Gasteiger partial charge in [0.1, 0.15) is 6.10 Å². The second-order valence-corrected chi connectivity index (χ2v) is 7.76. The van der Waals surface area contributed by atoms with Gasteiger partial charge in [-0.15, -0.1) is 0 Å². The van der Waals surface area contributed by atoms with E-state index in [9.17, 15) is 5.11 Å². The Morgan fingerprint density at radius 2 is 1.20 bits per heavy atom. The second-order valence-electron chi connectivity index (χ2n) is 7.76. The highest BCUT2D eigenvalue weighted by Gasteiger charge is 2.43. The highest BCUT2D eigenvalue weighted by molar-refractivity contribution is 5.17. The van der Waals surface area contributed by atoms with Crippen molar-refractivity contribution in [2.24, 2.45) is 0 Å². The molecule has 1 aliphatic heterocycles. The van der Waals surface area contributed by atoms with Crippen molar-refractivity contribution >= 4 is 0 Å². The zero-order valence-electron chi connectivity index (χ0n) is 17.1. The number of nitrogens with zero attached hydrogens (tertiary/aromatic N) is 1. The summed E-state index contributed by atoms with van der Waals surface area (Å²) in [5, 5.41) is 10.2. The Labute approximate surface area is 178 Å². The molecule has 1 fully saturated rings. The van der Waals surface area contributed by atoms with Crippen LogP contribution in [0.3, 0.4) is 0 Å². The smallest absolute Gasteiger partial charge is 0.103 e. The zero-order chi connectivity index (χ0) is 20.6. The van der Waals surface area contributed by atoms with Gasteiger partial charge in [0, 0.05) is 13.1 Å². The van der Waals surface area contributed by atoms with E-state index in [1.165, 1.54) is 5.56 Å². The number of ether oxygens (including phenoxy) is 2. The van der Waals surface area contributed by atoms with Gasteiger partial charge < -0.3 is 14.6 Å². The van der Waals surface area contributed by atoms with Crippen LogP contribution in [0.4, 0.5) is 0 Å². The summed E-state index contributed by atoms with van der Waals surface area (Å²) in [6, 6.07) is 30.6. The van der Waals surface area contributed by atoms with Crippen LogP contribution in [0.5, 0.6) is 0 Å². The minimum atomic E-state index is -0.192. The molecule has 4 rings (SSSR count). The van der Waals surface area contributed by atoms with E-state index < -0.39 is 0 Å². The highest BCUT2D eigenvalue weighted by atomic mass is 16.5. The zero-order valence-corrected chi connectivity index (χ0v) is 17.1. The van der Waals surface area contributed by atoms with E-state index in [1.807, 2.05) is 54.6 Å². The summed E-state index contributed by atoms with van der Waals surface area (Å²) >= 11 is 0. The molecule has 1 saturated heterocycles. The van der Waals surface area contributed by atoms with Crippen LogP contribution in [0, 0.1) is 0 Å². The third-order valence-electron chi connectivity index (χ3n) is 5.64. The van der Waals surface area contributed by atoms with Gasteiger partial charge in [-0.05, 0) is 16.7 Å². The van der Waals surface area contributed by atoms with E-state index in [2.05, 4.69) is 41.3 Å². The Hall–Kier alpha value is -2.50. The summed E-state index contributed by atoms with van der Waals surface area (Å²) in [6.45, 7) is 2.58. The van der Waals surface area contributed by atoms with E-state index in [0.29, 0.717) is 13.2 Å². The summed E-state index contributed by atoms with van der Waals surface area (Å²) in [6.07, 6.45) is -0.294. The Morgan fingerprint density at radius 3 is 1.73 bits per heavy atom. The van der Waals surface area contributed by atoms with Crippen molar-refractivity contribution < 1.29 is 14.6 Å². The molecule has 3 aromatic carbocycles. The van der Waals surface area contributed by atoms with Gasteiger partial charge in [-0.25, -0.2) is 0 Å². The Morgan fingerprint density at radius 1 is 0.700 bits per heavy atom. The quantitative estimate of drug-likeness (QED) is 0.586. The van der Waals surface area contributed by atoms with Crippen LogP contribution in [-0.2, 0) is 29.2 Å². The summed E-state index contributed by atoms with van der Waals surface area (Å²) in [7, 11) is 0. The first-order chi connectivity index (χ1) is 14.8. The Kier molecular flexibility index (Phi) is 7.27. The first-order valence-electron chi connectivity index (χ1n) is 10.5. The van der Waals surface area contributed by atoms with E-state index in [-0.39, 0.29) is 24.9 Å². The lowest BCUT2D eigenvalue weighted by atomic mass is 10.1. The van der Waals surface area contributed by atoms with Gasteiger partial charge in [-0.2, -0.15) is 0 Å². The number of benzene rings is 3. The molecule has 156 valence electrons. The molecule has 1 aliphatic rings. The van der Waals surface area contributed by atoms with Crippen LogP contribution in [0.1, 0.15) is 16.7 Å². The van der Waals surface area contributed by atoms with Crippen molar-refractivity contribution in [3.05, 3.63) is 108 Å². The Bertz CT molecular complexity index is 873. The van der Waals surface area contributed by atoms with Gasteiger partial charge in [0.15, 0.2) is 0 Å². The van der Waals surface area contributed by atoms with Gasteiger partial charge in [-0.1, -0.05) is 91.0 Å². The van der Waals surface area contributed by atoms with Gasteiger partial charge in [0.05, 0.1) is 32.0 Å². The van der Waals surface area contributed by atoms with Crippen molar-refractivity contribution in [3.63, 3.8) is 0 Å². The van der Waals surface area contributed by atoms with E-state index in [4.69, 9.17) is 9.47 Å². The molecule has 3 aromatic rings. The van der Waals surface area contributed by atoms with Crippen LogP contribution in [0.15, 0.2) is 91.0 Å². The van der Waals surface area contributed by atoms with Gasteiger partial charge >= 0.3 is 0 Å². The molecule has 4 nitrogen and oxygen atoms in total. The molecule has 1 N–H and O–H groups in total. The predicted molar refractivity (Wildman–Crippen MR) is 118 cm³/mol. The average molecular weight is 404 g/mol. The summed E-state index contributed by atoms with van der Waals surface area (Å²) in [5.41, 5.74) is 3.49. The van der Waals surface area contributed by atoms with Crippen LogP contribution in [0.2, 0.25) is 0 Å². The minimum absolute atomic E-state index is 0.0392. The molecule has 0 bridgehead atoms. The summed E-state index contributed by atoms with van der Waals surface area (Å²) < 4.78 is 12.6. The number of aliphatic hydroxyl groups is 1. The maximum absolute atomic E-state index is 10.2. The second kappa shape index (κ2) is 10.5. The number of hydrogen-bond donors (Lipinski definition) is 1. The molecule has 0 aliphatic carbocycles. The van der Waals surface area contributed by atoms with Crippen molar-refractivity contribution in [3.8, 4) is 0 Å². The molecule has 1 heterocycles. The molecule has 0 unspecified atom stereocenters. The monoisotopic (exact) mass is 403 g/mol. The first-order valence-corrected chi connectivity index (χ1v) is 10.5. The van der Waals surface area contributed by atoms with E-state index in [0.717, 1.165) is 24.2 Å². The average Bonchev–Trinajstić information content (AvgIpc) is 3.14. The topological polar surface area (TPSA) is 41.9 Å². The van der Waals surface area contributed by atoms with Gasteiger partial charge in [0.2, 0.25) is 0 Å². The van der Waals surface area contributed by atoms with Crippen molar-refractivity contribution in [1.29, 1.82) is 0 Å². The molecular weight excluding hydrogens is 374 g/mol. The normalized spacial score (nSPS) is 21.7. The molecule has 3 atom stereocenters. The summed E-state index contributed by atoms with van der Waals surface area (Å²) in [5.74, 6) is 0. The van der Waals surface area contributed by atoms with Gasteiger partial charge in [0.25, 0.3) is 0 Å². The Balaban J connectivity index is 1.47. The SMILES string of the molecule is OC[C@@H]1[C@H](OCc2ccccc2)[C@@H](OCc2ccccc2)CN1Cc1ccccc1. The molecule has 0 saturated carbocycles. The minimum Gasteiger partial charge on any atom is -0.395 e. The molecule has 4 heteroatoms. The molecule has 0 spiro atoms. The first kappa shape index (κ1) is 20.8. The number of aliphatic hydroxyl groups excluding tert-OH is 1. The highest BCUT2D eigenvalue weighted by Crippen LogP contribution is 2.27. The van der Waals surface area contributed by atoms with Crippen LogP contribution in [-0.4, -0.2) is 41.4 Å². The maximum atomic E-state index is 10.2. The van der Waals surface area contributed by atoms with Crippen LogP contribution in [0.25, 0.3) is 0 Å². The van der Waals surface area contributed by atoms with Crippen molar-refractivity contribution in [2.75, 3.05) is 13.2 Å². The van der Waals surface area contributed by atoms with Crippen molar-refractivity contribution in [2.45, 2.75) is 38.0 Å². The predicted octanol–water partition coefficient (Wildman–Crippen LogP) is 4.03. The van der Waals surface area contributed by atoms with Crippen molar-refractivity contribution in [1.82, 2.24) is 4.90 Å².